The summed E-state index contributed by atoms with van der Waals surface area (Å²) in [5.41, 5.74) is 0.722. The highest BCUT2D eigenvalue weighted by molar-refractivity contribution is 5.98. The van der Waals surface area contributed by atoms with Gasteiger partial charge in [0.2, 0.25) is 0 Å². The molecule has 2 rings (SSSR count). The zero-order valence-electron chi connectivity index (χ0n) is 11.5. The van der Waals surface area contributed by atoms with Gasteiger partial charge in [-0.3, -0.25) is 14.6 Å². The van der Waals surface area contributed by atoms with Gasteiger partial charge in [0.25, 0.3) is 11.8 Å². The molecule has 1 aromatic heterocycles. The van der Waals surface area contributed by atoms with Gasteiger partial charge >= 0.3 is 0 Å². The van der Waals surface area contributed by atoms with Crippen LogP contribution >= 0.6 is 0 Å². The van der Waals surface area contributed by atoms with E-state index in [0.29, 0.717) is 24.8 Å². The molecule has 108 valence electrons. The molecule has 1 aliphatic rings. The Morgan fingerprint density at radius 3 is 2.90 bits per heavy atom. The van der Waals surface area contributed by atoms with Crippen molar-refractivity contribution in [1.29, 1.82) is 0 Å². The minimum atomic E-state index is -0.276. The Hall–Kier alpha value is -1.95. The monoisotopic (exact) mass is 277 g/mol. The van der Waals surface area contributed by atoms with Gasteiger partial charge in [-0.05, 0) is 31.4 Å². The lowest BCUT2D eigenvalue weighted by Crippen LogP contribution is -2.28. The highest BCUT2D eigenvalue weighted by atomic mass is 16.5. The van der Waals surface area contributed by atoms with Crippen molar-refractivity contribution in [3.05, 3.63) is 29.6 Å². The van der Waals surface area contributed by atoms with Gasteiger partial charge < -0.3 is 15.4 Å². The molecule has 0 atom stereocenters. The van der Waals surface area contributed by atoms with Crippen molar-refractivity contribution in [1.82, 2.24) is 15.6 Å². The molecule has 1 saturated carbocycles. The molecule has 1 aromatic rings. The summed E-state index contributed by atoms with van der Waals surface area (Å²) >= 11 is 0. The van der Waals surface area contributed by atoms with E-state index < -0.39 is 0 Å². The lowest BCUT2D eigenvalue weighted by atomic mass is 10.2. The molecule has 1 fully saturated rings. The standard InChI is InChI=1S/C14H19N3O3/c1-20-8-2-6-16-14(19)12-9-10(5-7-15-12)13(18)17-11-3-4-11/h5,7,9,11H,2-4,6,8H2,1H3,(H,16,19)(H,17,18). The second-order valence-electron chi connectivity index (χ2n) is 4.78. The normalized spacial score (nSPS) is 13.8. The highest BCUT2D eigenvalue weighted by Gasteiger charge is 2.24. The number of hydrogen-bond donors (Lipinski definition) is 2. The van der Waals surface area contributed by atoms with E-state index in [-0.39, 0.29) is 17.5 Å². The van der Waals surface area contributed by atoms with Crippen LogP contribution in [0.25, 0.3) is 0 Å². The fourth-order valence-corrected chi connectivity index (χ4v) is 1.70. The summed E-state index contributed by atoms with van der Waals surface area (Å²) in [4.78, 5) is 27.7. The Labute approximate surface area is 117 Å². The number of carbonyl (C=O) groups is 2. The molecule has 0 saturated heterocycles. The fraction of sp³-hybridized carbons (Fsp3) is 0.500. The SMILES string of the molecule is COCCCNC(=O)c1cc(C(=O)NC2CC2)ccn1. The number of aromatic nitrogens is 1. The van der Waals surface area contributed by atoms with Crippen molar-refractivity contribution >= 4 is 11.8 Å². The molecule has 6 heteroatoms. The van der Waals surface area contributed by atoms with Crippen LogP contribution in [0.4, 0.5) is 0 Å². The van der Waals surface area contributed by atoms with Crippen molar-refractivity contribution in [3.8, 4) is 0 Å². The third-order valence-corrected chi connectivity index (χ3v) is 2.98. The first-order valence-corrected chi connectivity index (χ1v) is 6.75. The number of nitrogens with zero attached hydrogens (tertiary/aromatic N) is 1. The Morgan fingerprint density at radius 2 is 2.20 bits per heavy atom. The van der Waals surface area contributed by atoms with E-state index in [4.69, 9.17) is 4.74 Å². The smallest absolute Gasteiger partial charge is 0.269 e. The van der Waals surface area contributed by atoms with Crippen LogP contribution < -0.4 is 10.6 Å². The van der Waals surface area contributed by atoms with Crippen molar-refractivity contribution in [2.75, 3.05) is 20.3 Å². The summed E-state index contributed by atoms with van der Waals surface area (Å²) in [5, 5.41) is 5.62. The maximum Gasteiger partial charge on any atom is 0.269 e. The first-order valence-electron chi connectivity index (χ1n) is 6.75. The molecule has 6 nitrogen and oxygen atoms in total. The van der Waals surface area contributed by atoms with Gasteiger partial charge in [0.05, 0.1) is 0 Å². The zero-order chi connectivity index (χ0) is 14.4. The Bertz CT molecular complexity index is 486. The second-order valence-corrected chi connectivity index (χ2v) is 4.78. The molecule has 1 heterocycles. The van der Waals surface area contributed by atoms with Crippen LogP contribution in [0.15, 0.2) is 18.3 Å². The molecular weight excluding hydrogens is 258 g/mol. The summed E-state index contributed by atoms with van der Waals surface area (Å²) in [7, 11) is 1.62. The third-order valence-electron chi connectivity index (χ3n) is 2.98. The number of amides is 2. The zero-order valence-corrected chi connectivity index (χ0v) is 11.5. The predicted octanol–water partition coefficient (Wildman–Crippen LogP) is 0.740. The molecule has 0 radical (unpaired) electrons. The average Bonchev–Trinajstić information content (AvgIpc) is 3.27. The molecule has 20 heavy (non-hydrogen) atoms. The summed E-state index contributed by atoms with van der Waals surface area (Å²) in [6.45, 7) is 1.12. The Morgan fingerprint density at radius 1 is 1.40 bits per heavy atom. The summed E-state index contributed by atoms with van der Waals surface area (Å²) in [6, 6.07) is 3.42. The van der Waals surface area contributed by atoms with E-state index in [9.17, 15) is 9.59 Å². The molecule has 0 unspecified atom stereocenters. The number of methoxy groups -OCH3 is 1. The van der Waals surface area contributed by atoms with Gasteiger partial charge in [-0.1, -0.05) is 0 Å². The summed E-state index contributed by atoms with van der Waals surface area (Å²) < 4.78 is 4.90. The van der Waals surface area contributed by atoms with Gasteiger partial charge in [0.1, 0.15) is 5.69 Å². The van der Waals surface area contributed by atoms with Crippen molar-refractivity contribution in [2.24, 2.45) is 0 Å². The molecule has 0 aliphatic heterocycles. The molecule has 2 amide bonds. The van der Waals surface area contributed by atoms with Crippen LogP contribution in [0, 0.1) is 0 Å². The Kier molecular flexibility index (Phi) is 5.06. The third kappa shape index (κ3) is 4.31. The van der Waals surface area contributed by atoms with Gasteiger partial charge in [-0.25, -0.2) is 0 Å². The van der Waals surface area contributed by atoms with E-state index in [1.807, 2.05) is 0 Å². The van der Waals surface area contributed by atoms with E-state index in [0.717, 1.165) is 19.3 Å². The quantitative estimate of drug-likeness (QED) is 0.720. The van der Waals surface area contributed by atoms with E-state index >= 15 is 0 Å². The van der Waals surface area contributed by atoms with Crippen LogP contribution in [0.1, 0.15) is 40.1 Å². The summed E-state index contributed by atoms with van der Waals surface area (Å²) in [5.74, 6) is -0.425. The van der Waals surface area contributed by atoms with Gasteiger partial charge in [-0.15, -0.1) is 0 Å². The van der Waals surface area contributed by atoms with Crippen LogP contribution in [0.3, 0.4) is 0 Å². The molecule has 0 aromatic carbocycles. The van der Waals surface area contributed by atoms with E-state index in [2.05, 4.69) is 15.6 Å². The first kappa shape index (κ1) is 14.5. The lowest BCUT2D eigenvalue weighted by molar-refractivity contribution is 0.0943. The number of pyridine rings is 1. The van der Waals surface area contributed by atoms with Gasteiger partial charge in [0, 0.05) is 38.1 Å². The number of nitrogens with one attached hydrogen (secondary N) is 2. The maximum atomic E-state index is 11.9. The topological polar surface area (TPSA) is 80.3 Å². The summed E-state index contributed by atoms with van der Waals surface area (Å²) in [6.07, 6.45) is 4.28. The minimum absolute atomic E-state index is 0.150. The lowest BCUT2D eigenvalue weighted by Gasteiger charge is -2.06. The van der Waals surface area contributed by atoms with Gasteiger partial charge in [0.15, 0.2) is 0 Å². The van der Waals surface area contributed by atoms with Crippen molar-refractivity contribution in [2.45, 2.75) is 25.3 Å². The van der Waals surface area contributed by atoms with Crippen molar-refractivity contribution < 1.29 is 14.3 Å². The minimum Gasteiger partial charge on any atom is -0.385 e. The molecule has 0 spiro atoms. The predicted molar refractivity (Wildman–Crippen MR) is 73.6 cm³/mol. The molecule has 0 bridgehead atoms. The Balaban J connectivity index is 1.90. The maximum absolute atomic E-state index is 11.9. The van der Waals surface area contributed by atoms with Crippen LogP contribution in [-0.4, -0.2) is 43.1 Å². The number of carbonyl (C=O) groups excluding carboxylic acids is 2. The van der Waals surface area contributed by atoms with E-state index in [1.165, 1.54) is 12.3 Å². The van der Waals surface area contributed by atoms with Crippen molar-refractivity contribution in [3.63, 3.8) is 0 Å². The number of ether oxygens (including phenoxy) is 1. The molecule has 2 N–H and O–H groups in total. The first-order chi connectivity index (χ1) is 9.70. The number of rotatable bonds is 7. The largest absolute Gasteiger partial charge is 0.385 e. The fourth-order valence-electron chi connectivity index (χ4n) is 1.70. The van der Waals surface area contributed by atoms with Crippen LogP contribution in [0.2, 0.25) is 0 Å². The molecule has 1 aliphatic carbocycles. The highest BCUT2D eigenvalue weighted by Crippen LogP contribution is 2.19. The average molecular weight is 277 g/mol. The van der Waals surface area contributed by atoms with Gasteiger partial charge in [-0.2, -0.15) is 0 Å². The van der Waals surface area contributed by atoms with Crippen LogP contribution in [-0.2, 0) is 4.74 Å². The van der Waals surface area contributed by atoms with E-state index in [1.54, 1.807) is 13.2 Å². The second kappa shape index (κ2) is 7.00. The molecular formula is C14H19N3O3. The number of hydrogen-bond acceptors (Lipinski definition) is 4. The van der Waals surface area contributed by atoms with Crippen LogP contribution in [0.5, 0.6) is 0 Å².